The second-order valence-electron chi connectivity index (χ2n) is 5.49. The average Bonchev–Trinajstić information content (AvgIpc) is 3.06. The van der Waals surface area contributed by atoms with E-state index in [1.165, 1.54) is 11.3 Å². The van der Waals surface area contributed by atoms with Crippen LogP contribution in [0.1, 0.15) is 18.7 Å². The molecule has 5 heteroatoms. The van der Waals surface area contributed by atoms with Crippen LogP contribution in [0.15, 0.2) is 52.7 Å². The lowest BCUT2D eigenvalue weighted by Crippen LogP contribution is -2.40. The molecule has 0 fully saturated rings. The lowest BCUT2D eigenvalue weighted by Gasteiger charge is -2.23. The van der Waals surface area contributed by atoms with Crippen molar-refractivity contribution in [2.75, 3.05) is 12.3 Å². The number of carbonyl (C=O) groups excluding carboxylic acids is 1. The van der Waals surface area contributed by atoms with Crippen LogP contribution in [0, 0.1) is 5.92 Å². The van der Waals surface area contributed by atoms with Crippen LogP contribution >= 0.6 is 23.1 Å². The summed E-state index contributed by atoms with van der Waals surface area (Å²) in [7, 11) is 0. The molecule has 0 aliphatic heterocycles. The molecule has 3 nitrogen and oxygen atoms in total. The monoisotopic (exact) mass is 335 g/mol. The van der Waals surface area contributed by atoms with Gasteiger partial charge in [0.05, 0.1) is 6.54 Å². The van der Waals surface area contributed by atoms with E-state index in [1.807, 2.05) is 54.8 Å². The zero-order chi connectivity index (χ0) is 16.0. The van der Waals surface area contributed by atoms with Gasteiger partial charge in [-0.05, 0) is 30.5 Å². The van der Waals surface area contributed by atoms with Crippen LogP contribution in [-0.4, -0.2) is 23.3 Å². The lowest BCUT2D eigenvalue weighted by atomic mass is 10.0. The van der Waals surface area contributed by atoms with Crippen LogP contribution < -0.4 is 5.32 Å². The van der Waals surface area contributed by atoms with Gasteiger partial charge in [-0.1, -0.05) is 31.2 Å². The molecule has 1 amide bonds. The van der Waals surface area contributed by atoms with Crippen molar-refractivity contribution in [3.05, 3.63) is 52.7 Å². The number of rotatable bonds is 7. The van der Waals surface area contributed by atoms with Crippen LogP contribution in [0.4, 0.5) is 0 Å². The third-order valence-corrected chi connectivity index (χ3v) is 5.74. The molecule has 2 rings (SSSR count). The maximum absolute atomic E-state index is 12.1. The Morgan fingerprint density at radius 3 is 2.68 bits per heavy atom. The van der Waals surface area contributed by atoms with Gasteiger partial charge in [-0.2, -0.15) is 0 Å². The van der Waals surface area contributed by atoms with Gasteiger partial charge in [-0.15, -0.1) is 23.1 Å². The number of nitrogens with one attached hydrogen (secondary N) is 1. The number of hydrogen-bond donors (Lipinski definition) is 2. The highest BCUT2D eigenvalue weighted by molar-refractivity contribution is 7.99. The summed E-state index contributed by atoms with van der Waals surface area (Å²) in [5.41, 5.74) is -1.02. The fourth-order valence-electron chi connectivity index (χ4n) is 1.92. The predicted octanol–water partition coefficient (Wildman–Crippen LogP) is 3.50. The van der Waals surface area contributed by atoms with Crippen molar-refractivity contribution < 1.29 is 9.90 Å². The largest absolute Gasteiger partial charge is 0.383 e. The van der Waals surface area contributed by atoms with E-state index in [1.54, 1.807) is 18.7 Å². The minimum Gasteiger partial charge on any atom is -0.383 e. The SMILES string of the molecule is CC(CSc1ccccc1)C(=O)NCC(C)(O)c1cccs1. The third kappa shape index (κ3) is 4.87. The highest BCUT2D eigenvalue weighted by Gasteiger charge is 2.25. The quantitative estimate of drug-likeness (QED) is 0.762. The van der Waals surface area contributed by atoms with E-state index < -0.39 is 5.60 Å². The summed E-state index contributed by atoms with van der Waals surface area (Å²) in [4.78, 5) is 14.2. The summed E-state index contributed by atoms with van der Waals surface area (Å²) in [5.74, 6) is 0.585. The van der Waals surface area contributed by atoms with Gasteiger partial charge in [-0.3, -0.25) is 4.79 Å². The summed E-state index contributed by atoms with van der Waals surface area (Å²) in [5, 5.41) is 15.2. The zero-order valence-corrected chi connectivity index (χ0v) is 14.4. The molecule has 0 radical (unpaired) electrons. The molecule has 0 bridgehead atoms. The van der Waals surface area contributed by atoms with E-state index in [2.05, 4.69) is 5.32 Å². The van der Waals surface area contributed by atoms with Gasteiger partial charge in [0, 0.05) is 21.4 Å². The average molecular weight is 335 g/mol. The Kier molecular flexibility index (Phi) is 6.06. The number of hydrogen-bond acceptors (Lipinski definition) is 4. The zero-order valence-electron chi connectivity index (χ0n) is 12.8. The Labute approximate surface area is 139 Å². The molecule has 0 aliphatic rings. The first-order valence-corrected chi connectivity index (χ1v) is 9.07. The Morgan fingerprint density at radius 2 is 2.05 bits per heavy atom. The van der Waals surface area contributed by atoms with Crippen molar-refractivity contribution in [3.63, 3.8) is 0 Å². The fourth-order valence-corrected chi connectivity index (χ4v) is 3.65. The van der Waals surface area contributed by atoms with Gasteiger partial charge < -0.3 is 10.4 Å². The fraction of sp³-hybridized carbons (Fsp3) is 0.353. The molecule has 2 unspecified atom stereocenters. The second-order valence-corrected chi connectivity index (χ2v) is 7.54. The van der Waals surface area contributed by atoms with Gasteiger partial charge in [0.25, 0.3) is 0 Å². The highest BCUT2D eigenvalue weighted by Crippen LogP contribution is 2.25. The van der Waals surface area contributed by atoms with E-state index in [0.717, 1.165) is 15.5 Å². The predicted molar refractivity (Wildman–Crippen MR) is 93.2 cm³/mol. The molecule has 0 saturated heterocycles. The maximum atomic E-state index is 12.1. The minimum absolute atomic E-state index is 0.0275. The van der Waals surface area contributed by atoms with E-state index in [9.17, 15) is 9.90 Å². The van der Waals surface area contributed by atoms with Crippen molar-refractivity contribution in [1.82, 2.24) is 5.32 Å². The number of thiophene rings is 1. The molecule has 2 N–H and O–H groups in total. The maximum Gasteiger partial charge on any atom is 0.223 e. The summed E-state index contributed by atoms with van der Waals surface area (Å²) in [6, 6.07) is 13.8. The van der Waals surface area contributed by atoms with Crippen LogP contribution in [0.25, 0.3) is 0 Å². The second kappa shape index (κ2) is 7.81. The van der Waals surface area contributed by atoms with Gasteiger partial charge in [0.15, 0.2) is 0 Å². The van der Waals surface area contributed by atoms with Gasteiger partial charge in [0.1, 0.15) is 5.60 Å². The van der Waals surface area contributed by atoms with E-state index in [-0.39, 0.29) is 18.4 Å². The van der Waals surface area contributed by atoms with Gasteiger partial charge in [-0.25, -0.2) is 0 Å². The van der Waals surface area contributed by atoms with Gasteiger partial charge >= 0.3 is 0 Å². The molecule has 2 aromatic rings. The Morgan fingerprint density at radius 1 is 1.32 bits per heavy atom. The van der Waals surface area contributed by atoms with Crippen molar-refractivity contribution in [1.29, 1.82) is 0 Å². The minimum atomic E-state index is -1.02. The normalized spacial score (nSPS) is 15.0. The van der Waals surface area contributed by atoms with E-state index >= 15 is 0 Å². The topological polar surface area (TPSA) is 49.3 Å². The molecule has 1 aromatic carbocycles. The summed E-state index contributed by atoms with van der Waals surface area (Å²) in [6.45, 7) is 3.86. The van der Waals surface area contributed by atoms with Crippen molar-refractivity contribution in [2.45, 2.75) is 24.3 Å². The summed E-state index contributed by atoms with van der Waals surface area (Å²) < 4.78 is 0. The Balaban J connectivity index is 1.79. The van der Waals surface area contributed by atoms with Crippen LogP contribution in [0.5, 0.6) is 0 Å². The Hall–Kier alpha value is -1.30. The van der Waals surface area contributed by atoms with Crippen molar-refractivity contribution >= 4 is 29.0 Å². The molecule has 0 aliphatic carbocycles. The molecule has 1 aromatic heterocycles. The number of thioether (sulfide) groups is 1. The lowest BCUT2D eigenvalue weighted by molar-refractivity contribution is -0.125. The van der Waals surface area contributed by atoms with Gasteiger partial charge in [0.2, 0.25) is 5.91 Å². The molecule has 22 heavy (non-hydrogen) atoms. The number of carbonyl (C=O) groups is 1. The molecule has 0 spiro atoms. The smallest absolute Gasteiger partial charge is 0.223 e. The number of benzene rings is 1. The number of aliphatic hydroxyl groups is 1. The summed E-state index contributed by atoms with van der Waals surface area (Å²) in [6.07, 6.45) is 0. The van der Waals surface area contributed by atoms with Crippen LogP contribution in [-0.2, 0) is 10.4 Å². The standard InChI is InChI=1S/C17H21NO2S2/c1-13(11-22-14-7-4-3-5-8-14)16(19)18-12-17(2,20)15-9-6-10-21-15/h3-10,13,20H,11-12H2,1-2H3,(H,18,19). The highest BCUT2D eigenvalue weighted by atomic mass is 32.2. The molecule has 2 atom stereocenters. The van der Waals surface area contributed by atoms with Crippen LogP contribution in [0.3, 0.4) is 0 Å². The number of amides is 1. The molecule has 1 heterocycles. The van der Waals surface area contributed by atoms with Crippen molar-refractivity contribution in [3.8, 4) is 0 Å². The Bertz CT molecular complexity index is 582. The van der Waals surface area contributed by atoms with Crippen molar-refractivity contribution in [2.24, 2.45) is 5.92 Å². The van der Waals surface area contributed by atoms with E-state index in [0.29, 0.717) is 0 Å². The first-order valence-electron chi connectivity index (χ1n) is 7.21. The summed E-state index contributed by atoms with van der Waals surface area (Å²) >= 11 is 3.16. The molecular weight excluding hydrogens is 314 g/mol. The third-order valence-electron chi connectivity index (χ3n) is 3.35. The van der Waals surface area contributed by atoms with Crippen LogP contribution in [0.2, 0.25) is 0 Å². The van der Waals surface area contributed by atoms with E-state index in [4.69, 9.17) is 0 Å². The molecule has 0 saturated carbocycles. The first-order chi connectivity index (χ1) is 10.5. The molecular formula is C17H21NO2S2. The first kappa shape index (κ1) is 17.1. The molecule has 118 valence electrons.